The molecule has 0 amide bonds. The molecule has 0 radical (unpaired) electrons. The summed E-state index contributed by atoms with van der Waals surface area (Å²) >= 11 is 0. The van der Waals surface area contributed by atoms with Crippen molar-refractivity contribution in [1.82, 2.24) is 5.16 Å². The highest BCUT2D eigenvalue weighted by atomic mass is 16.5. The Bertz CT molecular complexity index is 311. The number of rotatable bonds is 4. The Hall–Kier alpha value is -1.25. The fraction of sp³-hybridized carbons (Fsp3) is 0.545. The molecule has 0 saturated carbocycles. The van der Waals surface area contributed by atoms with Crippen molar-refractivity contribution < 1.29 is 4.52 Å². The van der Waals surface area contributed by atoms with Crippen LogP contribution in [0.15, 0.2) is 10.6 Å². The van der Waals surface area contributed by atoms with Crippen LogP contribution in [-0.2, 0) is 0 Å². The van der Waals surface area contributed by atoms with Gasteiger partial charge in [0.05, 0.1) is 0 Å². The number of nitrogens with two attached hydrogens (primary N) is 1. The molecule has 3 heteroatoms. The first-order valence-electron chi connectivity index (χ1n) is 5.09. The number of aromatic nitrogens is 1. The van der Waals surface area contributed by atoms with E-state index in [4.69, 9.17) is 10.3 Å². The third-order valence-electron chi connectivity index (χ3n) is 2.51. The molecule has 0 aromatic carbocycles. The number of hydrogen-bond acceptors (Lipinski definition) is 3. The van der Waals surface area contributed by atoms with E-state index in [9.17, 15) is 0 Å². The van der Waals surface area contributed by atoms with Crippen molar-refractivity contribution >= 4 is 11.8 Å². The van der Waals surface area contributed by atoms with Gasteiger partial charge in [-0.05, 0) is 31.8 Å². The van der Waals surface area contributed by atoms with Crippen molar-refractivity contribution in [2.24, 2.45) is 5.92 Å². The summed E-state index contributed by atoms with van der Waals surface area (Å²) in [5.41, 5.74) is 7.15. The predicted molar refractivity (Wildman–Crippen MR) is 58.8 cm³/mol. The van der Waals surface area contributed by atoms with E-state index >= 15 is 0 Å². The maximum absolute atomic E-state index is 5.76. The van der Waals surface area contributed by atoms with Crippen molar-refractivity contribution in [2.45, 2.75) is 33.6 Å². The minimum Gasteiger partial charge on any atom is -0.394 e. The van der Waals surface area contributed by atoms with Gasteiger partial charge in [-0.1, -0.05) is 25.1 Å². The van der Waals surface area contributed by atoms with Crippen molar-refractivity contribution in [1.29, 1.82) is 0 Å². The normalized spacial score (nSPS) is 11.7. The van der Waals surface area contributed by atoms with Gasteiger partial charge in [-0.25, -0.2) is 0 Å². The van der Waals surface area contributed by atoms with E-state index in [-0.39, 0.29) is 0 Å². The summed E-state index contributed by atoms with van der Waals surface area (Å²) in [6.07, 6.45) is 6.38. The molecule has 1 heterocycles. The van der Waals surface area contributed by atoms with Gasteiger partial charge in [0, 0.05) is 0 Å². The fourth-order valence-electron chi connectivity index (χ4n) is 1.30. The van der Waals surface area contributed by atoms with Crippen LogP contribution < -0.4 is 5.73 Å². The van der Waals surface area contributed by atoms with Gasteiger partial charge in [-0.15, -0.1) is 0 Å². The lowest BCUT2D eigenvalue weighted by molar-refractivity contribution is 0.396. The van der Waals surface area contributed by atoms with Crippen LogP contribution in [0.25, 0.3) is 6.08 Å². The molecular weight excluding hydrogens is 176 g/mol. The fourth-order valence-corrected chi connectivity index (χ4v) is 1.30. The van der Waals surface area contributed by atoms with E-state index in [2.05, 4.69) is 25.1 Å². The summed E-state index contributed by atoms with van der Waals surface area (Å²) in [4.78, 5) is 0. The molecular formula is C11H18N2O. The van der Waals surface area contributed by atoms with Gasteiger partial charge in [-0.3, -0.25) is 0 Å². The lowest BCUT2D eigenvalue weighted by Crippen LogP contribution is -1.91. The number of anilines is 1. The largest absolute Gasteiger partial charge is 0.394 e. The van der Waals surface area contributed by atoms with Gasteiger partial charge in [0.25, 0.3) is 0 Å². The first-order chi connectivity index (χ1) is 6.69. The number of nitrogen functional groups attached to an aromatic ring is 1. The maximum atomic E-state index is 5.76. The summed E-state index contributed by atoms with van der Waals surface area (Å²) in [7, 11) is 0. The third-order valence-corrected chi connectivity index (χ3v) is 2.51. The van der Waals surface area contributed by atoms with Gasteiger partial charge in [-0.2, -0.15) is 0 Å². The molecule has 3 nitrogen and oxygen atoms in total. The molecule has 0 spiro atoms. The number of hydrogen-bond donors (Lipinski definition) is 1. The van der Waals surface area contributed by atoms with E-state index < -0.39 is 0 Å². The van der Waals surface area contributed by atoms with E-state index in [0.29, 0.717) is 17.4 Å². The molecule has 0 aliphatic heterocycles. The molecule has 14 heavy (non-hydrogen) atoms. The molecule has 0 aliphatic carbocycles. The van der Waals surface area contributed by atoms with Crippen LogP contribution in [0.1, 0.15) is 38.1 Å². The topological polar surface area (TPSA) is 52.0 Å². The second-order valence-corrected chi connectivity index (χ2v) is 3.47. The Labute approximate surface area is 85.0 Å². The van der Waals surface area contributed by atoms with Gasteiger partial charge < -0.3 is 10.3 Å². The van der Waals surface area contributed by atoms with Crippen LogP contribution in [-0.4, -0.2) is 5.16 Å². The minimum atomic E-state index is 0.603. The standard InChI is InChI=1S/C11H18N2O/c1-4-9(5-2)6-7-10-11(12)8(3)14-13-10/h6-7,9H,4-5,12H2,1-3H3. The average molecular weight is 194 g/mol. The molecule has 0 bridgehead atoms. The summed E-state index contributed by atoms with van der Waals surface area (Å²) in [6.45, 7) is 6.17. The Morgan fingerprint density at radius 3 is 2.50 bits per heavy atom. The second kappa shape index (κ2) is 4.84. The van der Waals surface area contributed by atoms with Crippen LogP contribution in [0, 0.1) is 12.8 Å². The van der Waals surface area contributed by atoms with E-state index in [0.717, 1.165) is 18.5 Å². The molecule has 1 aromatic rings. The molecule has 2 N–H and O–H groups in total. The van der Waals surface area contributed by atoms with Gasteiger partial charge in [0.2, 0.25) is 0 Å². The van der Waals surface area contributed by atoms with Gasteiger partial charge >= 0.3 is 0 Å². The highest BCUT2D eigenvalue weighted by Crippen LogP contribution is 2.18. The summed E-state index contributed by atoms with van der Waals surface area (Å²) in [6, 6.07) is 0. The molecule has 0 atom stereocenters. The molecule has 0 aliphatic rings. The van der Waals surface area contributed by atoms with Gasteiger partial charge in [0.1, 0.15) is 11.4 Å². The van der Waals surface area contributed by atoms with E-state index in [1.807, 2.05) is 13.0 Å². The quantitative estimate of drug-likeness (QED) is 0.801. The average Bonchev–Trinajstić information content (AvgIpc) is 2.51. The third kappa shape index (κ3) is 2.37. The van der Waals surface area contributed by atoms with E-state index in [1.165, 1.54) is 0 Å². The van der Waals surface area contributed by atoms with Crippen LogP contribution in [0.3, 0.4) is 0 Å². The van der Waals surface area contributed by atoms with Crippen molar-refractivity contribution in [3.8, 4) is 0 Å². The highest BCUT2D eigenvalue weighted by Gasteiger charge is 2.06. The summed E-state index contributed by atoms with van der Waals surface area (Å²) in [5, 5.41) is 3.87. The molecule has 1 rings (SSSR count). The van der Waals surface area contributed by atoms with Crippen LogP contribution >= 0.6 is 0 Å². The van der Waals surface area contributed by atoms with Crippen molar-refractivity contribution in [3.63, 3.8) is 0 Å². The van der Waals surface area contributed by atoms with Crippen LogP contribution in [0.4, 0.5) is 5.69 Å². The Balaban J connectivity index is 2.72. The lowest BCUT2D eigenvalue weighted by atomic mass is 10.0. The Morgan fingerprint density at radius 2 is 2.07 bits per heavy atom. The number of nitrogens with zero attached hydrogens (tertiary/aromatic N) is 1. The number of aryl methyl sites for hydroxylation is 1. The minimum absolute atomic E-state index is 0.603. The van der Waals surface area contributed by atoms with Crippen molar-refractivity contribution in [3.05, 3.63) is 17.5 Å². The van der Waals surface area contributed by atoms with Crippen LogP contribution in [0.5, 0.6) is 0 Å². The zero-order valence-corrected chi connectivity index (χ0v) is 9.08. The SMILES string of the molecule is CCC(C=Cc1noc(C)c1N)CC. The van der Waals surface area contributed by atoms with Gasteiger partial charge in [0.15, 0.2) is 5.76 Å². The first kappa shape index (κ1) is 10.8. The molecule has 78 valence electrons. The predicted octanol–water partition coefficient (Wildman–Crippen LogP) is 3.01. The summed E-state index contributed by atoms with van der Waals surface area (Å²) in [5.74, 6) is 1.29. The zero-order chi connectivity index (χ0) is 10.6. The Morgan fingerprint density at radius 1 is 1.43 bits per heavy atom. The molecule has 0 saturated heterocycles. The van der Waals surface area contributed by atoms with Crippen LogP contribution in [0.2, 0.25) is 0 Å². The second-order valence-electron chi connectivity index (χ2n) is 3.47. The zero-order valence-electron chi connectivity index (χ0n) is 9.08. The smallest absolute Gasteiger partial charge is 0.157 e. The number of allylic oxidation sites excluding steroid dienone is 1. The monoisotopic (exact) mass is 194 g/mol. The first-order valence-corrected chi connectivity index (χ1v) is 5.09. The summed E-state index contributed by atoms with van der Waals surface area (Å²) < 4.78 is 4.97. The molecule has 0 unspecified atom stereocenters. The van der Waals surface area contributed by atoms with Crippen molar-refractivity contribution in [2.75, 3.05) is 5.73 Å². The lowest BCUT2D eigenvalue weighted by Gasteiger charge is -2.03. The van der Waals surface area contributed by atoms with E-state index in [1.54, 1.807) is 0 Å². The molecule has 0 fully saturated rings. The highest BCUT2D eigenvalue weighted by molar-refractivity contribution is 5.61. The maximum Gasteiger partial charge on any atom is 0.157 e. The Kier molecular flexibility index (Phi) is 3.74. The molecule has 1 aromatic heterocycles.